The van der Waals surface area contributed by atoms with E-state index in [1.807, 2.05) is 23.1 Å². The normalized spacial score (nSPS) is 12.4. The average molecular weight is 330 g/mol. The summed E-state index contributed by atoms with van der Waals surface area (Å²) < 4.78 is 2.69. The van der Waals surface area contributed by atoms with E-state index in [1.165, 1.54) is 0 Å². The first-order chi connectivity index (χ1) is 8.60. The van der Waals surface area contributed by atoms with Crippen LogP contribution >= 0.6 is 27.5 Å². The van der Waals surface area contributed by atoms with Crippen LogP contribution in [0.2, 0.25) is 5.15 Å². The smallest absolute Gasteiger partial charge is 0.143 e. The molecule has 2 heterocycles. The number of halogens is 2. The predicted octanol–water partition coefficient (Wildman–Crippen LogP) is 3.89. The molecule has 0 radical (unpaired) electrons. The maximum absolute atomic E-state index is 5.86. The molecule has 0 aliphatic rings. The van der Waals surface area contributed by atoms with Gasteiger partial charge in [-0.1, -0.05) is 11.6 Å². The van der Waals surface area contributed by atoms with Crippen LogP contribution in [0.5, 0.6) is 0 Å². The summed E-state index contributed by atoms with van der Waals surface area (Å²) in [6.45, 7) is 5.02. The minimum atomic E-state index is 0.167. The van der Waals surface area contributed by atoms with Gasteiger partial charge in [-0.3, -0.25) is 4.68 Å². The molecule has 0 amide bonds. The van der Waals surface area contributed by atoms with Crippen molar-refractivity contribution in [3.63, 3.8) is 0 Å². The van der Waals surface area contributed by atoms with Gasteiger partial charge in [-0.25, -0.2) is 4.98 Å². The van der Waals surface area contributed by atoms with Crippen molar-refractivity contribution in [2.75, 3.05) is 5.32 Å². The fourth-order valence-electron chi connectivity index (χ4n) is 1.61. The predicted molar refractivity (Wildman–Crippen MR) is 76.9 cm³/mol. The fraction of sp³-hybridized carbons (Fsp3) is 0.333. The third-order valence-electron chi connectivity index (χ3n) is 2.66. The number of hydrogen-bond acceptors (Lipinski definition) is 3. The third-order valence-corrected chi connectivity index (χ3v) is 3.79. The van der Waals surface area contributed by atoms with Gasteiger partial charge in [0, 0.05) is 18.3 Å². The van der Waals surface area contributed by atoms with E-state index in [1.54, 1.807) is 6.20 Å². The monoisotopic (exact) mass is 328 g/mol. The van der Waals surface area contributed by atoms with Gasteiger partial charge in [0.15, 0.2) is 0 Å². The molecule has 1 unspecified atom stereocenters. The number of nitrogens with one attached hydrogen (secondary N) is 1. The summed E-state index contributed by atoms with van der Waals surface area (Å²) in [7, 11) is 0. The Labute approximate surface area is 119 Å². The van der Waals surface area contributed by atoms with Crippen LogP contribution in [0.15, 0.2) is 29.1 Å². The molecule has 18 heavy (non-hydrogen) atoms. The van der Waals surface area contributed by atoms with Crippen LogP contribution < -0.4 is 5.32 Å². The highest BCUT2D eigenvalue weighted by Crippen LogP contribution is 2.25. The largest absolute Gasteiger partial charge is 0.377 e. The second-order valence-electron chi connectivity index (χ2n) is 3.99. The van der Waals surface area contributed by atoms with Crippen molar-refractivity contribution in [3.8, 4) is 0 Å². The summed E-state index contributed by atoms with van der Waals surface area (Å²) in [6, 6.07) is 2.08. The first-order valence-electron chi connectivity index (χ1n) is 5.70. The van der Waals surface area contributed by atoms with Gasteiger partial charge in [0.2, 0.25) is 0 Å². The van der Waals surface area contributed by atoms with Crippen LogP contribution in [0.3, 0.4) is 0 Å². The molecule has 0 saturated carbocycles. The van der Waals surface area contributed by atoms with Crippen LogP contribution in [0.1, 0.15) is 25.5 Å². The minimum Gasteiger partial charge on any atom is -0.377 e. The average Bonchev–Trinajstić information content (AvgIpc) is 2.82. The molecule has 0 bridgehead atoms. The Morgan fingerprint density at radius 2 is 2.28 bits per heavy atom. The lowest BCUT2D eigenvalue weighted by molar-refractivity contribution is 0.658. The molecule has 1 N–H and O–H groups in total. The Hall–Kier alpha value is -1.07. The number of aromatic nitrogens is 3. The summed E-state index contributed by atoms with van der Waals surface area (Å²) in [5.74, 6) is 0. The number of hydrogen-bond donors (Lipinski definition) is 1. The zero-order valence-corrected chi connectivity index (χ0v) is 12.5. The van der Waals surface area contributed by atoms with Crippen LogP contribution in [-0.4, -0.2) is 14.8 Å². The van der Waals surface area contributed by atoms with Crippen molar-refractivity contribution < 1.29 is 0 Å². The second-order valence-corrected chi connectivity index (χ2v) is 5.20. The molecule has 4 nitrogen and oxygen atoms in total. The quantitative estimate of drug-likeness (QED) is 0.865. The molecule has 2 aromatic heterocycles. The van der Waals surface area contributed by atoms with E-state index < -0.39 is 0 Å². The van der Waals surface area contributed by atoms with Gasteiger partial charge in [-0.2, -0.15) is 5.10 Å². The summed E-state index contributed by atoms with van der Waals surface area (Å²) in [6.07, 6.45) is 5.63. The van der Waals surface area contributed by atoms with Gasteiger partial charge < -0.3 is 5.32 Å². The van der Waals surface area contributed by atoms with E-state index >= 15 is 0 Å². The zero-order valence-electron chi connectivity index (χ0n) is 10.2. The zero-order chi connectivity index (χ0) is 13.1. The molecular formula is C12H14BrClN4. The highest BCUT2D eigenvalue weighted by Gasteiger charge is 2.09. The Kier molecular flexibility index (Phi) is 4.24. The number of aryl methyl sites for hydroxylation is 1. The van der Waals surface area contributed by atoms with Crippen LogP contribution in [-0.2, 0) is 6.54 Å². The van der Waals surface area contributed by atoms with E-state index in [9.17, 15) is 0 Å². The first-order valence-corrected chi connectivity index (χ1v) is 6.87. The lowest BCUT2D eigenvalue weighted by Crippen LogP contribution is -2.06. The van der Waals surface area contributed by atoms with Gasteiger partial charge in [0.05, 0.1) is 28.6 Å². The van der Waals surface area contributed by atoms with Crippen molar-refractivity contribution in [3.05, 3.63) is 39.8 Å². The molecule has 0 spiro atoms. The van der Waals surface area contributed by atoms with Crippen molar-refractivity contribution in [2.45, 2.75) is 26.4 Å². The van der Waals surface area contributed by atoms with Gasteiger partial charge in [0.1, 0.15) is 5.15 Å². The van der Waals surface area contributed by atoms with Crippen molar-refractivity contribution in [1.29, 1.82) is 0 Å². The molecule has 96 valence electrons. The highest BCUT2D eigenvalue weighted by molar-refractivity contribution is 9.10. The molecule has 6 heteroatoms. The minimum absolute atomic E-state index is 0.167. The molecule has 2 aromatic rings. The summed E-state index contributed by atoms with van der Waals surface area (Å²) in [5, 5.41) is 8.08. The molecule has 0 aliphatic heterocycles. The van der Waals surface area contributed by atoms with Crippen LogP contribution in [0.25, 0.3) is 0 Å². The third kappa shape index (κ3) is 3.03. The van der Waals surface area contributed by atoms with Crippen molar-refractivity contribution >= 4 is 33.2 Å². The number of rotatable bonds is 4. The molecule has 0 saturated heterocycles. The van der Waals surface area contributed by atoms with Crippen molar-refractivity contribution in [2.24, 2.45) is 0 Å². The fourth-order valence-corrected chi connectivity index (χ4v) is 2.06. The molecule has 2 rings (SSSR count). The van der Waals surface area contributed by atoms with E-state index in [0.717, 1.165) is 22.3 Å². The Balaban J connectivity index is 2.10. The van der Waals surface area contributed by atoms with Gasteiger partial charge in [-0.15, -0.1) is 0 Å². The Morgan fingerprint density at radius 1 is 1.50 bits per heavy atom. The van der Waals surface area contributed by atoms with Crippen LogP contribution in [0.4, 0.5) is 5.69 Å². The maximum Gasteiger partial charge on any atom is 0.143 e. The lowest BCUT2D eigenvalue weighted by atomic mass is 10.2. The Morgan fingerprint density at radius 3 is 2.89 bits per heavy atom. The van der Waals surface area contributed by atoms with E-state index in [0.29, 0.717) is 5.15 Å². The maximum atomic E-state index is 5.86. The number of anilines is 1. The summed E-state index contributed by atoms with van der Waals surface area (Å²) in [4.78, 5) is 4.08. The van der Waals surface area contributed by atoms with E-state index in [-0.39, 0.29) is 6.04 Å². The number of nitrogens with zero attached hydrogens (tertiary/aromatic N) is 3. The van der Waals surface area contributed by atoms with Crippen LogP contribution in [0, 0.1) is 0 Å². The molecule has 1 atom stereocenters. The second kappa shape index (κ2) is 5.71. The molecular weight excluding hydrogens is 316 g/mol. The standard InChI is InChI=1S/C12H14BrClN4/c1-3-18-7-9(5-16-18)8(2)17-10-4-11(13)12(14)15-6-10/h4-8,17H,3H2,1-2H3. The van der Waals surface area contributed by atoms with Crippen molar-refractivity contribution in [1.82, 2.24) is 14.8 Å². The molecule has 0 fully saturated rings. The summed E-state index contributed by atoms with van der Waals surface area (Å²) in [5.41, 5.74) is 2.06. The lowest BCUT2D eigenvalue weighted by Gasteiger charge is -2.13. The van der Waals surface area contributed by atoms with Gasteiger partial charge >= 0.3 is 0 Å². The number of pyridine rings is 1. The Bertz CT molecular complexity index is 541. The molecule has 0 aromatic carbocycles. The van der Waals surface area contributed by atoms with E-state index in [2.05, 4.69) is 45.2 Å². The van der Waals surface area contributed by atoms with Gasteiger partial charge in [0.25, 0.3) is 0 Å². The SMILES string of the molecule is CCn1cc(C(C)Nc2cnc(Cl)c(Br)c2)cn1. The van der Waals surface area contributed by atoms with Gasteiger partial charge in [-0.05, 0) is 35.8 Å². The topological polar surface area (TPSA) is 42.7 Å². The summed E-state index contributed by atoms with van der Waals surface area (Å²) >= 11 is 9.21. The first kappa shape index (κ1) is 13.4. The van der Waals surface area contributed by atoms with E-state index in [4.69, 9.17) is 11.6 Å². The highest BCUT2D eigenvalue weighted by atomic mass is 79.9. The molecule has 0 aliphatic carbocycles.